The number of imidazole rings is 1. The van der Waals surface area contributed by atoms with Gasteiger partial charge in [0.05, 0.1) is 12.8 Å². The van der Waals surface area contributed by atoms with Gasteiger partial charge in [-0.2, -0.15) is 0 Å². The zero-order valence-electron chi connectivity index (χ0n) is 16.7. The fourth-order valence-corrected chi connectivity index (χ4v) is 4.41. The zero-order chi connectivity index (χ0) is 19.3. The molecular weight excluding hydrogens is 352 g/mol. The molecule has 2 fully saturated rings. The third-order valence-corrected chi connectivity index (χ3v) is 6.06. The molecule has 2 aliphatic rings. The first-order chi connectivity index (χ1) is 13.7. The van der Waals surface area contributed by atoms with Gasteiger partial charge in [0.15, 0.2) is 0 Å². The van der Waals surface area contributed by atoms with Crippen molar-refractivity contribution in [1.29, 1.82) is 0 Å². The van der Waals surface area contributed by atoms with Gasteiger partial charge in [-0.25, -0.2) is 4.98 Å². The van der Waals surface area contributed by atoms with Gasteiger partial charge < -0.3 is 14.5 Å². The third kappa shape index (κ3) is 4.16. The van der Waals surface area contributed by atoms with Gasteiger partial charge in [0.1, 0.15) is 5.75 Å². The number of methoxy groups -OCH3 is 1. The van der Waals surface area contributed by atoms with Gasteiger partial charge in [-0.15, -0.1) is 0 Å². The monoisotopic (exact) mass is 382 g/mol. The molecule has 4 rings (SSSR count). The maximum atomic E-state index is 12.7. The van der Waals surface area contributed by atoms with Crippen molar-refractivity contribution in [3.05, 3.63) is 36.7 Å². The molecule has 6 heteroatoms. The average molecular weight is 383 g/mol. The number of carbonyl (C=O) groups excluding carboxylic acids is 1. The van der Waals surface area contributed by atoms with Crippen LogP contribution in [0.1, 0.15) is 38.5 Å². The van der Waals surface area contributed by atoms with Gasteiger partial charge in [0.2, 0.25) is 11.9 Å². The maximum Gasteiger partial charge on any atom is 0.222 e. The third-order valence-electron chi connectivity index (χ3n) is 6.06. The van der Waals surface area contributed by atoms with Crippen LogP contribution in [0.15, 0.2) is 36.7 Å². The summed E-state index contributed by atoms with van der Waals surface area (Å²) < 4.78 is 7.43. The van der Waals surface area contributed by atoms with Crippen molar-refractivity contribution < 1.29 is 9.53 Å². The molecule has 28 heavy (non-hydrogen) atoms. The first-order valence-electron chi connectivity index (χ1n) is 10.4. The number of ether oxygens (including phenoxy) is 1. The highest BCUT2D eigenvalue weighted by Crippen LogP contribution is 2.27. The number of hydrogen-bond acceptors (Lipinski definition) is 4. The molecule has 0 bridgehead atoms. The molecule has 0 unspecified atom stereocenters. The van der Waals surface area contributed by atoms with Gasteiger partial charge in [-0.3, -0.25) is 9.36 Å². The summed E-state index contributed by atoms with van der Waals surface area (Å²) in [4.78, 5) is 21.6. The van der Waals surface area contributed by atoms with E-state index in [2.05, 4.69) is 20.5 Å². The van der Waals surface area contributed by atoms with E-state index in [0.29, 0.717) is 11.8 Å². The molecule has 2 aromatic rings. The van der Waals surface area contributed by atoms with Gasteiger partial charge >= 0.3 is 0 Å². The van der Waals surface area contributed by atoms with Crippen LogP contribution >= 0.6 is 0 Å². The average Bonchev–Trinajstić information content (AvgIpc) is 3.24. The lowest BCUT2D eigenvalue weighted by atomic mass is 9.86. The number of nitrogens with zero attached hydrogens (tertiary/aromatic N) is 4. The molecule has 1 saturated heterocycles. The quantitative estimate of drug-likeness (QED) is 0.794. The second-order valence-corrected chi connectivity index (χ2v) is 7.87. The largest absolute Gasteiger partial charge is 0.497 e. The van der Waals surface area contributed by atoms with Gasteiger partial charge in [-0.1, -0.05) is 25.3 Å². The number of piperazine rings is 1. The molecule has 6 nitrogen and oxygen atoms in total. The lowest BCUT2D eigenvalue weighted by Gasteiger charge is -2.36. The Bertz CT molecular complexity index is 789. The van der Waals surface area contributed by atoms with Crippen molar-refractivity contribution in [3.8, 4) is 11.4 Å². The van der Waals surface area contributed by atoms with Gasteiger partial charge in [0.25, 0.3) is 0 Å². The zero-order valence-corrected chi connectivity index (χ0v) is 16.7. The van der Waals surface area contributed by atoms with Crippen LogP contribution in [0.3, 0.4) is 0 Å². The summed E-state index contributed by atoms with van der Waals surface area (Å²) in [6.45, 7) is 3.18. The molecule has 0 spiro atoms. The Labute approximate surface area is 167 Å². The smallest absolute Gasteiger partial charge is 0.222 e. The van der Waals surface area contributed by atoms with Crippen LogP contribution in [0.4, 0.5) is 5.95 Å². The molecule has 150 valence electrons. The standard InChI is InChI=1S/C22H30N4O2/c1-28-20-9-5-8-19(17-20)26-11-10-23-22(26)25-14-12-24(13-15-25)21(27)16-18-6-3-2-4-7-18/h5,8-11,17-18H,2-4,6-7,12-16H2,1H3. The predicted molar refractivity (Wildman–Crippen MR) is 110 cm³/mol. The molecule has 0 N–H and O–H groups in total. The second kappa shape index (κ2) is 8.67. The maximum absolute atomic E-state index is 12.7. The number of aromatic nitrogens is 2. The van der Waals surface area contributed by atoms with Crippen molar-refractivity contribution in [2.24, 2.45) is 5.92 Å². The lowest BCUT2D eigenvalue weighted by Crippen LogP contribution is -2.49. The molecule has 1 aliphatic carbocycles. The van der Waals surface area contributed by atoms with Crippen molar-refractivity contribution in [2.45, 2.75) is 38.5 Å². The minimum absolute atomic E-state index is 0.336. The van der Waals surface area contributed by atoms with Crippen LogP contribution in [0.5, 0.6) is 5.75 Å². The van der Waals surface area contributed by atoms with E-state index in [1.807, 2.05) is 35.5 Å². The van der Waals surface area contributed by atoms with Gasteiger partial charge in [-0.05, 0) is 30.9 Å². The van der Waals surface area contributed by atoms with Crippen LogP contribution in [-0.4, -0.2) is 53.6 Å². The SMILES string of the molecule is COc1cccc(-n2ccnc2N2CCN(C(=O)CC3CCCCC3)CC2)c1. The van der Waals surface area contributed by atoms with Crippen molar-refractivity contribution in [2.75, 3.05) is 38.2 Å². The molecule has 1 aliphatic heterocycles. The molecule has 1 aromatic heterocycles. The van der Waals surface area contributed by atoms with E-state index in [1.165, 1.54) is 32.1 Å². The summed E-state index contributed by atoms with van der Waals surface area (Å²) in [6, 6.07) is 7.99. The Morgan fingerprint density at radius 2 is 1.93 bits per heavy atom. The highest BCUT2D eigenvalue weighted by Gasteiger charge is 2.26. The second-order valence-electron chi connectivity index (χ2n) is 7.87. The van der Waals surface area contributed by atoms with Crippen LogP contribution in [0.2, 0.25) is 0 Å². The lowest BCUT2D eigenvalue weighted by molar-refractivity contribution is -0.132. The Hall–Kier alpha value is -2.50. The normalized spacial score (nSPS) is 18.3. The van der Waals surface area contributed by atoms with Crippen LogP contribution in [0.25, 0.3) is 5.69 Å². The number of rotatable bonds is 5. The molecule has 0 radical (unpaired) electrons. The summed E-state index contributed by atoms with van der Waals surface area (Å²) >= 11 is 0. The molecule has 1 aromatic carbocycles. The predicted octanol–water partition coefficient (Wildman–Crippen LogP) is 3.50. The summed E-state index contributed by atoms with van der Waals surface area (Å²) in [5, 5.41) is 0. The van der Waals surface area contributed by atoms with E-state index < -0.39 is 0 Å². The summed E-state index contributed by atoms with van der Waals surface area (Å²) in [5.41, 5.74) is 1.03. The van der Waals surface area contributed by atoms with E-state index in [4.69, 9.17) is 4.74 Å². The Morgan fingerprint density at radius 3 is 2.68 bits per heavy atom. The minimum atomic E-state index is 0.336. The van der Waals surface area contributed by atoms with Crippen LogP contribution in [0, 0.1) is 5.92 Å². The number of hydrogen-bond donors (Lipinski definition) is 0. The highest BCUT2D eigenvalue weighted by molar-refractivity contribution is 5.76. The van der Waals surface area contributed by atoms with E-state index in [1.54, 1.807) is 7.11 Å². The van der Waals surface area contributed by atoms with Gasteiger partial charge in [0, 0.05) is 51.1 Å². The Kier molecular flexibility index (Phi) is 5.84. The van der Waals surface area contributed by atoms with E-state index in [-0.39, 0.29) is 0 Å². The molecule has 1 saturated carbocycles. The molecule has 2 heterocycles. The molecule has 0 atom stereocenters. The Morgan fingerprint density at radius 1 is 1.14 bits per heavy atom. The van der Waals surface area contributed by atoms with Crippen LogP contribution in [-0.2, 0) is 4.79 Å². The topological polar surface area (TPSA) is 50.6 Å². The van der Waals surface area contributed by atoms with Crippen molar-refractivity contribution >= 4 is 11.9 Å². The molecule has 1 amide bonds. The summed E-state index contributed by atoms with van der Waals surface area (Å²) in [5.74, 6) is 2.69. The first-order valence-corrected chi connectivity index (χ1v) is 10.4. The Balaban J connectivity index is 1.38. The van der Waals surface area contributed by atoms with E-state index in [9.17, 15) is 4.79 Å². The number of anilines is 1. The van der Waals surface area contributed by atoms with E-state index >= 15 is 0 Å². The van der Waals surface area contributed by atoms with E-state index in [0.717, 1.165) is 50.0 Å². The summed E-state index contributed by atoms with van der Waals surface area (Å²) in [6.07, 6.45) is 10.9. The van der Waals surface area contributed by atoms with Crippen molar-refractivity contribution in [1.82, 2.24) is 14.5 Å². The van der Waals surface area contributed by atoms with Crippen LogP contribution < -0.4 is 9.64 Å². The number of benzene rings is 1. The number of amides is 1. The van der Waals surface area contributed by atoms with Crippen molar-refractivity contribution in [3.63, 3.8) is 0 Å². The first kappa shape index (κ1) is 18.8. The fraction of sp³-hybridized carbons (Fsp3) is 0.545. The molecular formula is C22H30N4O2. The minimum Gasteiger partial charge on any atom is -0.497 e. The highest BCUT2D eigenvalue weighted by atomic mass is 16.5. The number of carbonyl (C=O) groups is 1. The fourth-order valence-electron chi connectivity index (χ4n) is 4.41. The summed E-state index contributed by atoms with van der Waals surface area (Å²) in [7, 11) is 1.68.